The van der Waals surface area contributed by atoms with Gasteiger partial charge in [-0.05, 0) is 55.3 Å². The lowest BCUT2D eigenvalue weighted by atomic mass is 9.90. The molecule has 36 heavy (non-hydrogen) atoms. The largest absolute Gasteiger partial charge is 0.494 e. The summed E-state index contributed by atoms with van der Waals surface area (Å²) in [4.78, 5) is 39.8. The number of carbonyl (C=O) groups is 3. The van der Waals surface area contributed by atoms with Gasteiger partial charge >= 0.3 is 6.03 Å². The van der Waals surface area contributed by atoms with Crippen LogP contribution in [0.15, 0.2) is 54.6 Å². The number of imide groups is 1. The number of rotatable bonds is 7. The Morgan fingerprint density at radius 1 is 1.17 bits per heavy atom. The molecule has 3 aromatic rings. The first-order chi connectivity index (χ1) is 17.3. The molecule has 2 unspecified atom stereocenters. The van der Waals surface area contributed by atoms with E-state index in [1.165, 1.54) is 0 Å². The molecule has 2 atom stereocenters. The molecule has 8 nitrogen and oxygen atoms in total. The van der Waals surface area contributed by atoms with Crippen LogP contribution in [0.4, 0.5) is 4.79 Å². The number of urea groups is 1. The van der Waals surface area contributed by atoms with Crippen LogP contribution in [0.25, 0.3) is 10.8 Å². The number of hydrogen-bond donors (Lipinski definition) is 2. The SMILES string of the molecule is CCOc1cc2c(cc1CNC(=O)CN1C(=O)NC(C)(c3ccc4ccccc4c3)C1=O)OC(C)C2. The van der Waals surface area contributed by atoms with Crippen LogP contribution in [0.3, 0.4) is 0 Å². The summed E-state index contributed by atoms with van der Waals surface area (Å²) in [5, 5.41) is 7.58. The zero-order chi connectivity index (χ0) is 25.4. The van der Waals surface area contributed by atoms with E-state index in [2.05, 4.69) is 10.6 Å². The molecule has 0 spiro atoms. The minimum Gasteiger partial charge on any atom is -0.494 e. The van der Waals surface area contributed by atoms with Crippen LogP contribution in [0, 0.1) is 0 Å². The summed E-state index contributed by atoms with van der Waals surface area (Å²) in [5.41, 5.74) is 1.26. The van der Waals surface area contributed by atoms with Gasteiger partial charge in [0.15, 0.2) is 0 Å². The van der Waals surface area contributed by atoms with Crippen molar-refractivity contribution in [2.24, 2.45) is 0 Å². The molecular weight excluding hydrogens is 458 g/mol. The average molecular weight is 488 g/mol. The van der Waals surface area contributed by atoms with E-state index < -0.39 is 23.4 Å². The Morgan fingerprint density at radius 2 is 1.94 bits per heavy atom. The molecule has 4 amide bonds. The quantitative estimate of drug-likeness (QED) is 0.496. The highest BCUT2D eigenvalue weighted by Gasteiger charge is 2.49. The summed E-state index contributed by atoms with van der Waals surface area (Å²) >= 11 is 0. The van der Waals surface area contributed by atoms with Crippen molar-refractivity contribution >= 4 is 28.6 Å². The van der Waals surface area contributed by atoms with Gasteiger partial charge in [-0.1, -0.05) is 36.4 Å². The molecule has 2 heterocycles. The molecule has 0 bridgehead atoms. The molecule has 2 aliphatic rings. The third kappa shape index (κ3) is 4.23. The number of fused-ring (bicyclic) bond motifs is 2. The van der Waals surface area contributed by atoms with Gasteiger partial charge in [0.05, 0.1) is 6.61 Å². The normalized spacial score (nSPS) is 20.8. The van der Waals surface area contributed by atoms with Crippen LogP contribution >= 0.6 is 0 Å². The van der Waals surface area contributed by atoms with Gasteiger partial charge in [-0.25, -0.2) is 4.79 Å². The van der Waals surface area contributed by atoms with Crippen molar-refractivity contribution in [3.63, 3.8) is 0 Å². The zero-order valence-corrected chi connectivity index (χ0v) is 20.6. The number of hydrogen-bond acceptors (Lipinski definition) is 5. The molecule has 0 saturated carbocycles. The van der Waals surface area contributed by atoms with E-state index in [9.17, 15) is 14.4 Å². The molecule has 0 radical (unpaired) electrons. The first kappa shape index (κ1) is 23.7. The molecule has 1 saturated heterocycles. The second kappa shape index (κ2) is 9.18. The van der Waals surface area contributed by atoms with E-state index >= 15 is 0 Å². The van der Waals surface area contributed by atoms with Crippen molar-refractivity contribution in [2.75, 3.05) is 13.2 Å². The standard InChI is InChI=1S/C28H29N3O5/c1-4-35-23-13-20-11-17(2)36-24(20)14-21(23)15-29-25(32)16-31-26(33)28(3,30-27(31)34)22-10-9-18-7-5-6-8-19(18)12-22/h5-10,12-14,17H,4,11,15-16H2,1-3H3,(H,29,32)(H,30,34). The molecule has 0 aromatic heterocycles. The minimum atomic E-state index is -1.25. The van der Waals surface area contributed by atoms with Crippen molar-refractivity contribution in [3.8, 4) is 11.5 Å². The van der Waals surface area contributed by atoms with E-state index in [0.29, 0.717) is 17.9 Å². The highest BCUT2D eigenvalue weighted by molar-refractivity contribution is 6.09. The number of nitrogens with one attached hydrogen (secondary N) is 2. The summed E-state index contributed by atoms with van der Waals surface area (Å²) in [6.07, 6.45) is 0.903. The lowest BCUT2D eigenvalue weighted by Gasteiger charge is -2.22. The predicted molar refractivity (Wildman–Crippen MR) is 135 cm³/mol. The Hall–Kier alpha value is -4.07. The number of ether oxygens (including phenoxy) is 2. The van der Waals surface area contributed by atoms with Gasteiger partial charge < -0.3 is 20.1 Å². The molecule has 5 rings (SSSR count). The van der Waals surface area contributed by atoms with Gasteiger partial charge in [0.1, 0.15) is 29.7 Å². The highest BCUT2D eigenvalue weighted by Crippen LogP contribution is 2.35. The summed E-state index contributed by atoms with van der Waals surface area (Å²) < 4.78 is 11.6. The Labute approximate surface area is 209 Å². The third-order valence-corrected chi connectivity index (χ3v) is 6.76. The van der Waals surface area contributed by atoms with Crippen molar-refractivity contribution in [3.05, 3.63) is 71.3 Å². The zero-order valence-electron chi connectivity index (χ0n) is 20.6. The average Bonchev–Trinajstić information content (AvgIpc) is 3.33. The maximum Gasteiger partial charge on any atom is 0.325 e. The number of benzene rings is 3. The van der Waals surface area contributed by atoms with Crippen molar-refractivity contribution < 1.29 is 23.9 Å². The topological polar surface area (TPSA) is 97.0 Å². The number of nitrogens with zero attached hydrogens (tertiary/aromatic N) is 1. The Kier molecular flexibility index (Phi) is 6.04. The van der Waals surface area contributed by atoms with Crippen molar-refractivity contribution in [1.29, 1.82) is 0 Å². The predicted octanol–water partition coefficient (Wildman–Crippen LogP) is 3.65. The van der Waals surface area contributed by atoms with E-state index in [1.54, 1.807) is 6.92 Å². The molecular formula is C28H29N3O5. The minimum absolute atomic E-state index is 0.0934. The fraction of sp³-hybridized carbons (Fsp3) is 0.321. The van der Waals surface area contributed by atoms with Crippen LogP contribution in [-0.4, -0.2) is 42.0 Å². The van der Waals surface area contributed by atoms with Crippen LogP contribution in [0.1, 0.15) is 37.5 Å². The molecule has 3 aromatic carbocycles. The van der Waals surface area contributed by atoms with Gasteiger partial charge in [0, 0.05) is 24.1 Å². The Bertz CT molecular complexity index is 1370. The fourth-order valence-electron chi connectivity index (χ4n) is 4.84. The molecule has 8 heteroatoms. The van der Waals surface area contributed by atoms with Crippen molar-refractivity contribution in [1.82, 2.24) is 15.5 Å². The van der Waals surface area contributed by atoms with E-state index in [0.717, 1.165) is 39.0 Å². The van der Waals surface area contributed by atoms with Crippen LogP contribution in [0.5, 0.6) is 11.5 Å². The number of carbonyl (C=O) groups excluding carboxylic acids is 3. The number of amides is 4. The first-order valence-corrected chi connectivity index (χ1v) is 12.1. The first-order valence-electron chi connectivity index (χ1n) is 12.1. The molecule has 2 aliphatic heterocycles. The fourth-order valence-corrected chi connectivity index (χ4v) is 4.84. The van der Waals surface area contributed by atoms with Gasteiger partial charge in [-0.2, -0.15) is 0 Å². The molecule has 2 N–H and O–H groups in total. The summed E-state index contributed by atoms with van der Waals surface area (Å²) in [7, 11) is 0. The van der Waals surface area contributed by atoms with Gasteiger partial charge in [-0.3, -0.25) is 14.5 Å². The molecule has 186 valence electrons. The Morgan fingerprint density at radius 3 is 2.72 bits per heavy atom. The van der Waals surface area contributed by atoms with E-state index in [4.69, 9.17) is 9.47 Å². The third-order valence-electron chi connectivity index (χ3n) is 6.76. The lowest BCUT2D eigenvalue weighted by Crippen LogP contribution is -2.43. The van der Waals surface area contributed by atoms with Crippen LogP contribution in [0.2, 0.25) is 0 Å². The molecule has 1 fully saturated rings. The van der Waals surface area contributed by atoms with Crippen molar-refractivity contribution in [2.45, 2.75) is 45.4 Å². The van der Waals surface area contributed by atoms with E-state index in [1.807, 2.05) is 68.4 Å². The van der Waals surface area contributed by atoms with Crippen LogP contribution < -0.4 is 20.1 Å². The second-order valence-corrected chi connectivity index (χ2v) is 9.42. The van der Waals surface area contributed by atoms with Gasteiger partial charge in [0.25, 0.3) is 5.91 Å². The van der Waals surface area contributed by atoms with E-state index in [-0.39, 0.29) is 19.2 Å². The highest BCUT2D eigenvalue weighted by atomic mass is 16.5. The lowest BCUT2D eigenvalue weighted by molar-refractivity contribution is -0.134. The molecule has 0 aliphatic carbocycles. The maximum atomic E-state index is 13.3. The van der Waals surface area contributed by atoms with Gasteiger partial charge in [-0.15, -0.1) is 0 Å². The van der Waals surface area contributed by atoms with Crippen LogP contribution in [-0.2, 0) is 28.1 Å². The monoisotopic (exact) mass is 487 g/mol. The maximum absolute atomic E-state index is 13.3. The summed E-state index contributed by atoms with van der Waals surface area (Å²) in [5.74, 6) is 0.565. The smallest absolute Gasteiger partial charge is 0.325 e. The Balaban J connectivity index is 1.28. The van der Waals surface area contributed by atoms with Gasteiger partial charge in [0.2, 0.25) is 5.91 Å². The summed E-state index contributed by atoms with van der Waals surface area (Å²) in [6, 6.07) is 16.7. The second-order valence-electron chi connectivity index (χ2n) is 9.42. The summed E-state index contributed by atoms with van der Waals surface area (Å²) in [6.45, 7) is 5.87.